The SMILES string of the molecule is Cc1cc(N)ccc1C(=O)Cc1cccc(Br)c1. The maximum absolute atomic E-state index is 12.2. The van der Waals surface area contributed by atoms with Gasteiger partial charge < -0.3 is 5.73 Å². The highest BCUT2D eigenvalue weighted by Crippen LogP contribution is 2.17. The van der Waals surface area contributed by atoms with Crippen LogP contribution in [0.1, 0.15) is 21.5 Å². The molecule has 0 aliphatic carbocycles. The molecule has 0 radical (unpaired) electrons. The second-order valence-corrected chi connectivity index (χ2v) is 5.22. The van der Waals surface area contributed by atoms with Crippen molar-refractivity contribution in [2.24, 2.45) is 0 Å². The summed E-state index contributed by atoms with van der Waals surface area (Å²) < 4.78 is 0.988. The summed E-state index contributed by atoms with van der Waals surface area (Å²) in [6.45, 7) is 1.91. The zero-order chi connectivity index (χ0) is 13.1. The minimum Gasteiger partial charge on any atom is -0.399 e. The lowest BCUT2D eigenvalue weighted by Gasteiger charge is -2.06. The third-order valence-corrected chi connectivity index (χ3v) is 3.30. The molecule has 0 unspecified atom stereocenters. The van der Waals surface area contributed by atoms with Gasteiger partial charge in [-0.2, -0.15) is 0 Å². The average molecular weight is 304 g/mol. The number of Topliss-reactive ketones (excluding diaryl/α,β-unsaturated/α-hetero) is 1. The molecule has 0 aliphatic rings. The first kappa shape index (κ1) is 12.8. The van der Waals surface area contributed by atoms with E-state index in [4.69, 9.17) is 5.73 Å². The Morgan fingerprint density at radius 2 is 2.00 bits per heavy atom. The molecule has 0 aromatic heterocycles. The highest BCUT2D eigenvalue weighted by atomic mass is 79.9. The van der Waals surface area contributed by atoms with Gasteiger partial charge in [0.1, 0.15) is 0 Å². The van der Waals surface area contributed by atoms with Gasteiger partial charge in [0.2, 0.25) is 0 Å². The molecule has 0 fully saturated rings. The second-order valence-electron chi connectivity index (χ2n) is 4.30. The van der Waals surface area contributed by atoms with E-state index in [2.05, 4.69) is 15.9 Å². The fourth-order valence-electron chi connectivity index (χ4n) is 1.93. The van der Waals surface area contributed by atoms with Crippen molar-refractivity contribution in [2.45, 2.75) is 13.3 Å². The highest BCUT2D eigenvalue weighted by molar-refractivity contribution is 9.10. The summed E-state index contributed by atoms with van der Waals surface area (Å²) in [6.07, 6.45) is 0.407. The largest absolute Gasteiger partial charge is 0.399 e. The van der Waals surface area contributed by atoms with Crippen molar-refractivity contribution in [1.29, 1.82) is 0 Å². The first-order chi connectivity index (χ1) is 8.56. The molecule has 3 heteroatoms. The summed E-state index contributed by atoms with van der Waals surface area (Å²) in [5, 5.41) is 0. The van der Waals surface area contributed by atoms with Gasteiger partial charge in [-0.25, -0.2) is 0 Å². The Bertz CT molecular complexity index is 593. The quantitative estimate of drug-likeness (QED) is 0.693. The molecule has 2 nitrogen and oxygen atoms in total. The molecule has 0 aliphatic heterocycles. The summed E-state index contributed by atoms with van der Waals surface area (Å²) in [6, 6.07) is 13.2. The van der Waals surface area contributed by atoms with Crippen molar-refractivity contribution in [3.05, 3.63) is 63.6 Å². The number of benzene rings is 2. The molecular formula is C15H14BrNO. The summed E-state index contributed by atoms with van der Waals surface area (Å²) in [7, 11) is 0. The summed E-state index contributed by atoms with van der Waals surface area (Å²) in [5.74, 6) is 0.116. The van der Waals surface area contributed by atoms with Gasteiger partial charge in [0.05, 0.1) is 0 Å². The molecule has 18 heavy (non-hydrogen) atoms. The van der Waals surface area contributed by atoms with Crippen LogP contribution in [-0.4, -0.2) is 5.78 Å². The Hall–Kier alpha value is -1.61. The maximum atomic E-state index is 12.2. The van der Waals surface area contributed by atoms with Crippen LogP contribution >= 0.6 is 15.9 Å². The number of nitrogens with two attached hydrogens (primary N) is 1. The number of anilines is 1. The van der Waals surface area contributed by atoms with Crippen molar-refractivity contribution < 1.29 is 4.79 Å². The van der Waals surface area contributed by atoms with Gasteiger partial charge in [-0.05, 0) is 48.4 Å². The number of hydrogen-bond acceptors (Lipinski definition) is 2. The van der Waals surface area contributed by atoms with Crippen molar-refractivity contribution >= 4 is 27.4 Å². The first-order valence-corrected chi connectivity index (χ1v) is 6.49. The average Bonchev–Trinajstić information content (AvgIpc) is 2.28. The number of ketones is 1. The molecule has 2 N–H and O–H groups in total. The normalized spacial score (nSPS) is 10.3. The maximum Gasteiger partial charge on any atom is 0.167 e. The second kappa shape index (κ2) is 5.36. The summed E-state index contributed by atoms with van der Waals surface area (Å²) in [4.78, 5) is 12.2. The van der Waals surface area contributed by atoms with E-state index in [0.717, 1.165) is 21.2 Å². The van der Waals surface area contributed by atoms with Gasteiger partial charge in [-0.3, -0.25) is 4.79 Å². The van der Waals surface area contributed by atoms with E-state index in [1.165, 1.54) is 0 Å². The minimum absolute atomic E-state index is 0.116. The summed E-state index contributed by atoms with van der Waals surface area (Å²) in [5.41, 5.74) is 9.04. The van der Waals surface area contributed by atoms with E-state index in [-0.39, 0.29) is 5.78 Å². The lowest BCUT2D eigenvalue weighted by atomic mass is 9.99. The van der Waals surface area contributed by atoms with Crippen LogP contribution in [0.25, 0.3) is 0 Å². The zero-order valence-corrected chi connectivity index (χ0v) is 11.7. The third-order valence-electron chi connectivity index (χ3n) is 2.80. The van der Waals surface area contributed by atoms with E-state index in [9.17, 15) is 4.79 Å². The Morgan fingerprint density at radius 1 is 1.22 bits per heavy atom. The number of nitrogen functional groups attached to an aromatic ring is 1. The fourth-order valence-corrected chi connectivity index (χ4v) is 2.37. The molecule has 0 amide bonds. The van der Waals surface area contributed by atoms with Crippen LogP contribution in [0.5, 0.6) is 0 Å². The van der Waals surface area contributed by atoms with Crippen LogP contribution in [-0.2, 0) is 6.42 Å². The van der Waals surface area contributed by atoms with Crippen molar-refractivity contribution in [1.82, 2.24) is 0 Å². The van der Waals surface area contributed by atoms with Crippen LogP contribution in [0, 0.1) is 6.92 Å². The molecule has 2 rings (SSSR count). The molecule has 0 saturated carbocycles. The Balaban J connectivity index is 2.22. The predicted octanol–water partition coefficient (Wildman–Crippen LogP) is 3.77. The standard InChI is InChI=1S/C15H14BrNO/c1-10-7-13(17)5-6-14(10)15(18)9-11-3-2-4-12(16)8-11/h2-8H,9,17H2,1H3. The monoisotopic (exact) mass is 303 g/mol. The van der Waals surface area contributed by atoms with Gasteiger partial charge >= 0.3 is 0 Å². The van der Waals surface area contributed by atoms with Gasteiger partial charge in [-0.1, -0.05) is 28.1 Å². The van der Waals surface area contributed by atoms with E-state index in [0.29, 0.717) is 12.1 Å². The van der Waals surface area contributed by atoms with Crippen LogP contribution in [0.2, 0.25) is 0 Å². The van der Waals surface area contributed by atoms with Crippen LogP contribution in [0.3, 0.4) is 0 Å². The van der Waals surface area contributed by atoms with E-state index in [1.807, 2.05) is 37.3 Å². The molecule has 0 atom stereocenters. The molecule has 0 saturated heterocycles. The molecule has 2 aromatic carbocycles. The molecular weight excluding hydrogens is 290 g/mol. The highest BCUT2D eigenvalue weighted by Gasteiger charge is 2.10. The molecule has 0 spiro atoms. The Labute approximate surface area is 115 Å². The van der Waals surface area contributed by atoms with Crippen molar-refractivity contribution in [3.8, 4) is 0 Å². The number of halogens is 1. The lowest BCUT2D eigenvalue weighted by Crippen LogP contribution is -2.06. The van der Waals surface area contributed by atoms with E-state index < -0.39 is 0 Å². The summed E-state index contributed by atoms with van der Waals surface area (Å²) >= 11 is 3.40. The van der Waals surface area contributed by atoms with Gasteiger partial charge in [0.15, 0.2) is 5.78 Å². The Morgan fingerprint density at radius 3 is 2.67 bits per heavy atom. The Kier molecular flexibility index (Phi) is 3.82. The molecule has 0 heterocycles. The number of hydrogen-bond donors (Lipinski definition) is 1. The van der Waals surface area contributed by atoms with Crippen LogP contribution in [0.15, 0.2) is 46.9 Å². The zero-order valence-electron chi connectivity index (χ0n) is 10.1. The van der Waals surface area contributed by atoms with Crippen molar-refractivity contribution in [3.63, 3.8) is 0 Å². The number of rotatable bonds is 3. The van der Waals surface area contributed by atoms with Gasteiger partial charge in [-0.15, -0.1) is 0 Å². The van der Waals surface area contributed by atoms with Gasteiger partial charge in [0, 0.05) is 22.1 Å². The predicted molar refractivity (Wildman–Crippen MR) is 77.8 cm³/mol. The number of carbonyl (C=O) groups excluding carboxylic acids is 1. The number of aryl methyl sites for hydroxylation is 1. The van der Waals surface area contributed by atoms with Crippen LogP contribution < -0.4 is 5.73 Å². The van der Waals surface area contributed by atoms with Crippen molar-refractivity contribution in [2.75, 3.05) is 5.73 Å². The van der Waals surface area contributed by atoms with Gasteiger partial charge in [0.25, 0.3) is 0 Å². The minimum atomic E-state index is 0.116. The van der Waals surface area contributed by atoms with Crippen LogP contribution in [0.4, 0.5) is 5.69 Å². The fraction of sp³-hybridized carbons (Fsp3) is 0.133. The first-order valence-electron chi connectivity index (χ1n) is 5.70. The molecule has 2 aromatic rings. The lowest BCUT2D eigenvalue weighted by molar-refractivity contribution is 0.0992. The van der Waals surface area contributed by atoms with E-state index in [1.54, 1.807) is 12.1 Å². The van der Waals surface area contributed by atoms with E-state index >= 15 is 0 Å². The third kappa shape index (κ3) is 2.99. The number of carbonyl (C=O) groups is 1. The topological polar surface area (TPSA) is 43.1 Å². The molecule has 92 valence electrons. The molecule has 0 bridgehead atoms. The smallest absolute Gasteiger partial charge is 0.167 e.